The summed E-state index contributed by atoms with van der Waals surface area (Å²) in [7, 11) is 0. The summed E-state index contributed by atoms with van der Waals surface area (Å²) in [6.45, 7) is 20.2. The van der Waals surface area contributed by atoms with Crippen LogP contribution in [0.1, 0.15) is 67.7 Å². The molecule has 0 aromatic rings. The first kappa shape index (κ1) is 21.4. The van der Waals surface area contributed by atoms with Gasteiger partial charge in [-0.2, -0.15) is 0 Å². The van der Waals surface area contributed by atoms with E-state index in [0.29, 0.717) is 0 Å². The fraction of sp³-hybridized carbons (Fsp3) is 0.684. The van der Waals surface area contributed by atoms with E-state index in [-0.39, 0.29) is 17.1 Å². The number of carbonyl (C=O) groups excluding carboxylic acids is 2. The molecule has 132 valence electrons. The van der Waals surface area contributed by atoms with Gasteiger partial charge in [0.05, 0.1) is 0 Å². The first-order valence-corrected chi connectivity index (χ1v) is 8.19. The summed E-state index contributed by atoms with van der Waals surface area (Å²) in [6, 6.07) is 0. The van der Waals surface area contributed by atoms with Crippen LogP contribution in [0, 0.1) is 11.3 Å². The third-order valence-corrected chi connectivity index (χ3v) is 4.63. The van der Waals surface area contributed by atoms with E-state index in [1.165, 1.54) is 0 Å². The molecule has 0 N–H and O–H groups in total. The van der Waals surface area contributed by atoms with Gasteiger partial charge in [0.1, 0.15) is 0 Å². The van der Waals surface area contributed by atoms with E-state index in [2.05, 4.69) is 20.1 Å². The van der Waals surface area contributed by atoms with Crippen molar-refractivity contribution in [1.29, 1.82) is 0 Å². The van der Waals surface area contributed by atoms with Crippen LogP contribution < -0.4 is 0 Å². The minimum atomic E-state index is -1.39. The smallest absolute Gasteiger partial charge is 0.336 e. The second kappa shape index (κ2) is 8.32. The average molecular weight is 324 g/mol. The molecule has 1 atom stereocenters. The Kier molecular flexibility index (Phi) is 7.75. The maximum Gasteiger partial charge on any atom is 0.336 e. The molecule has 0 saturated carbocycles. The van der Waals surface area contributed by atoms with E-state index in [4.69, 9.17) is 9.47 Å². The summed E-state index contributed by atoms with van der Waals surface area (Å²) in [5.74, 6) is -2.38. The lowest BCUT2D eigenvalue weighted by Gasteiger charge is -2.47. The van der Waals surface area contributed by atoms with Crippen LogP contribution in [-0.4, -0.2) is 17.7 Å². The summed E-state index contributed by atoms with van der Waals surface area (Å²) in [4.78, 5) is 24.2. The van der Waals surface area contributed by atoms with E-state index in [9.17, 15) is 9.59 Å². The molecule has 0 aliphatic carbocycles. The largest absolute Gasteiger partial charge is 0.419 e. The lowest BCUT2D eigenvalue weighted by atomic mass is 9.69. The molecule has 4 heteroatoms. The van der Waals surface area contributed by atoms with Gasteiger partial charge in [-0.25, -0.2) is 9.59 Å². The predicted octanol–water partition coefficient (Wildman–Crippen LogP) is 4.79. The molecule has 0 saturated heterocycles. The standard InChI is InChI=1S/C19H32O4/c1-10-11-12-18(8,15(6)7)19(9,22-16(20)13(2)3)23-17(21)14(4)5/h15H,2,4,10-12H2,1,3,5-9H3. The second-order valence-electron chi connectivity index (χ2n) is 6.96. The van der Waals surface area contributed by atoms with Gasteiger partial charge < -0.3 is 9.47 Å². The van der Waals surface area contributed by atoms with E-state index >= 15 is 0 Å². The summed E-state index contributed by atoms with van der Waals surface area (Å²) in [6.07, 6.45) is 2.71. The number of hydrogen-bond donors (Lipinski definition) is 0. The molecule has 0 heterocycles. The molecule has 0 radical (unpaired) electrons. The number of carbonyl (C=O) groups is 2. The van der Waals surface area contributed by atoms with Crippen molar-refractivity contribution in [2.24, 2.45) is 11.3 Å². The van der Waals surface area contributed by atoms with Crippen molar-refractivity contribution in [3.05, 3.63) is 24.3 Å². The van der Waals surface area contributed by atoms with Gasteiger partial charge in [0.25, 0.3) is 5.79 Å². The van der Waals surface area contributed by atoms with Crippen LogP contribution in [0.3, 0.4) is 0 Å². The molecule has 0 amide bonds. The predicted molar refractivity (Wildman–Crippen MR) is 92.7 cm³/mol. The number of ether oxygens (including phenoxy) is 2. The highest BCUT2D eigenvalue weighted by molar-refractivity contribution is 5.89. The van der Waals surface area contributed by atoms with Gasteiger partial charge in [0, 0.05) is 23.5 Å². The van der Waals surface area contributed by atoms with Crippen LogP contribution in [0.15, 0.2) is 24.3 Å². The Balaban J connectivity index is 5.85. The van der Waals surface area contributed by atoms with Crippen molar-refractivity contribution in [3.63, 3.8) is 0 Å². The third-order valence-electron chi connectivity index (χ3n) is 4.63. The first-order chi connectivity index (χ1) is 10.4. The van der Waals surface area contributed by atoms with E-state index in [1.807, 2.05) is 20.8 Å². The molecular formula is C19H32O4. The van der Waals surface area contributed by atoms with Gasteiger partial charge in [0.15, 0.2) is 0 Å². The molecule has 0 aliphatic heterocycles. The molecule has 0 aliphatic rings. The molecule has 0 rings (SSSR count). The average Bonchev–Trinajstić information content (AvgIpc) is 2.43. The molecule has 0 aromatic carbocycles. The van der Waals surface area contributed by atoms with Crippen LogP contribution >= 0.6 is 0 Å². The highest BCUT2D eigenvalue weighted by atomic mass is 16.7. The number of rotatable bonds is 9. The van der Waals surface area contributed by atoms with Gasteiger partial charge in [-0.15, -0.1) is 0 Å². The SMILES string of the molecule is C=C(C)C(=O)OC(C)(OC(=O)C(=C)C)C(C)(CCCC)C(C)C. The summed E-state index contributed by atoms with van der Waals surface area (Å²) in [5.41, 5.74) is 0.00701. The lowest BCUT2D eigenvalue weighted by molar-refractivity contribution is -0.268. The van der Waals surface area contributed by atoms with Crippen molar-refractivity contribution >= 4 is 11.9 Å². The topological polar surface area (TPSA) is 52.6 Å². The lowest BCUT2D eigenvalue weighted by Crippen LogP contribution is -2.53. The van der Waals surface area contributed by atoms with Crippen molar-refractivity contribution in [2.75, 3.05) is 0 Å². The second-order valence-corrected chi connectivity index (χ2v) is 6.96. The highest BCUT2D eigenvalue weighted by Gasteiger charge is 2.52. The van der Waals surface area contributed by atoms with Crippen molar-refractivity contribution in [1.82, 2.24) is 0 Å². The number of esters is 2. The molecule has 23 heavy (non-hydrogen) atoms. The van der Waals surface area contributed by atoms with Crippen LogP contribution in [0.2, 0.25) is 0 Å². The van der Waals surface area contributed by atoms with Crippen LogP contribution in [0.25, 0.3) is 0 Å². The van der Waals surface area contributed by atoms with Crippen molar-refractivity contribution in [2.45, 2.75) is 73.5 Å². The zero-order valence-corrected chi connectivity index (χ0v) is 15.7. The minimum absolute atomic E-state index is 0.134. The molecule has 1 unspecified atom stereocenters. The van der Waals surface area contributed by atoms with Gasteiger partial charge in [-0.3, -0.25) is 0 Å². The Bertz CT molecular complexity index is 448. The van der Waals surface area contributed by atoms with Gasteiger partial charge in [-0.05, 0) is 26.2 Å². The van der Waals surface area contributed by atoms with E-state index in [0.717, 1.165) is 19.3 Å². The zero-order chi connectivity index (χ0) is 18.4. The van der Waals surface area contributed by atoms with E-state index in [1.54, 1.807) is 20.8 Å². The molecule has 0 aromatic heterocycles. The Morgan fingerprint density at radius 3 is 1.65 bits per heavy atom. The van der Waals surface area contributed by atoms with Crippen molar-refractivity contribution in [3.8, 4) is 0 Å². The Labute approximate surface area is 140 Å². The zero-order valence-electron chi connectivity index (χ0n) is 15.7. The Morgan fingerprint density at radius 1 is 1.00 bits per heavy atom. The van der Waals surface area contributed by atoms with Crippen LogP contribution in [0.4, 0.5) is 0 Å². The summed E-state index contributed by atoms with van der Waals surface area (Å²) in [5, 5.41) is 0. The summed E-state index contributed by atoms with van der Waals surface area (Å²) >= 11 is 0. The van der Waals surface area contributed by atoms with Crippen LogP contribution in [-0.2, 0) is 19.1 Å². The molecule has 4 nitrogen and oxygen atoms in total. The van der Waals surface area contributed by atoms with Crippen LogP contribution in [0.5, 0.6) is 0 Å². The number of unbranched alkanes of at least 4 members (excludes halogenated alkanes) is 1. The quantitative estimate of drug-likeness (QED) is 0.347. The number of hydrogen-bond acceptors (Lipinski definition) is 4. The normalized spacial score (nSPS) is 14.1. The maximum atomic E-state index is 12.1. The minimum Gasteiger partial charge on any atom is -0.419 e. The third kappa shape index (κ3) is 5.22. The molecule has 0 fully saturated rings. The maximum absolute atomic E-state index is 12.1. The Morgan fingerprint density at radius 2 is 1.39 bits per heavy atom. The fourth-order valence-corrected chi connectivity index (χ4v) is 2.37. The highest BCUT2D eigenvalue weighted by Crippen LogP contribution is 2.46. The molecule has 0 bridgehead atoms. The Hall–Kier alpha value is -1.58. The van der Waals surface area contributed by atoms with Crippen molar-refractivity contribution < 1.29 is 19.1 Å². The summed E-state index contributed by atoms with van der Waals surface area (Å²) < 4.78 is 11.2. The van der Waals surface area contributed by atoms with E-state index < -0.39 is 23.1 Å². The fourth-order valence-electron chi connectivity index (χ4n) is 2.37. The van der Waals surface area contributed by atoms with Gasteiger partial charge in [0.2, 0.25) is 0 Å². The first-order valence-electron chi connectivity index (χ1n) is 8.19. The molecule has 0 spiro atoms. The molecular weight excluding hydrogens is 292 g/mol. The van der Waals surface area contributed by atoms with Gasteiger partial charge in [-0.1, -0.05) is 53.7 Å². The van der Waals surface area contributed by atoms with Gasteiger partial charge >= 0.3 is 11.9 Å². The monoisotopic (exact) mass is 324 g/mol.